The Morgan fingerprint density at radius 1 is 1.19 bits per heavy atom. The van der Waals surface area contributed by atoms with Crippen molar-refractivity contribution in [2.24, 2.45) is 0 Å². The molecule has 3 aromatic rings. The first-order valence-electron chi connectivity index (χ1n) is 6.99. The zero-order chi connectivity index (χ0) is 14.7. The van der Waals surface area contributed by atoms with Crippen LogP contribution in [0.3, 0.4) is 0 Å². The quantitative estimate of drug-likeness (QED) is 0.671. The largest absolute Gasteiger partial charge is 0.494 e. The first kappa shape index (κ1) is 13.4. The van der Waals surface area contributed by atoms with Gasteiger partial charge in [0.2, 0.25) is 0 Å². The van der Waals surface area contributed by atoms with E-state index < -0.39 is 0 Å². The topological polar surface area (TPSA) is 43.6 Å². The highest BCUT2D eigenvalue weighted by molar-refractivity contribution is 5.86. The average molecular weight is 280 g/mol. The summed E-state index contributed by atoms with van der Waals surface area (Å²) in [5.74, 6) is 0.831. The van der Waals surface area contributed by atoms with Crippen LogP contribution in [0, 0.1) is 0 Å². The molecule has 4 heteroatoms. The average Bonchev–Trinajstić information content (AvgIpc) is 2.92. The molecular formula is C17H16N2O2. The normalized spacial score (nSPS) is 10.7. The number of imidazole rings is 1. The lowest BCUT2D eigenvalue weighted by Crippen LogP contribution is -1.95. The van der Waals surface area contributed by atoms with Gasteiger partial charge in [-0.15, -0.1) is 0 Å². The Bertz CT molecular complexity index is 760. The van der Waals surface area contributed by atoms with Crippen LogP contribution in [0.4, 0.5) is 0 Å². The first-order chi connectivity index (χ1) is 10.3. The van der Waals surface area contributed by atoms with E-state index in [-0.39, 0.29) is 0 Å². The van der Waals surface area contributed by atoms with Gasteiger partial charge in [0, 0.05) is 11.8 Å². The second-order valence-electron chi connectivity index (χ2n) is 4.77. The van der Waals surface area contributed by atoms with Gasteiger partial charge < -0.3 is 4.74 Å². The van der Waals surface area contributed by atoms with Crippen LogP contribution < -0.4 is 4.74 Å². The molecule has 1 aromatic carbocycles. The predicted molar refractivity (Wildman–Crippen MR) is 81.8 cm³/mol. The smallest absolute Gasteiger partial charge is 0.169 e. The Labute approximate surface area is 123 Å². The van der Waals surface area contributed by atoms with E-state index in [0.717, 1.165) is 29.7 Å². The monoisotopic (exact) mass is 280 g/mol. The van der Waals surface area contributed by atoms with Crippen LogP contribution in [0.25, 0.3) is 16.9 Å². The van der Waals surface area contributed by atoms with Crippen molar-refractivity contribution in [3.05, 3.63) is 54.4 Å². The summed E-state index contributed by atoms with van der Waals surface area (Å²) in [6.07, 6.45) is 3.66. The van der Waals surface area contributed by atoms with Gasteiger partial charge in [-0.05, 0) is 42.8 Å². The number of pyridine rings is 1. The van der Waals surface area contributed by atoms with Crippen molar-refractivity contribution in [1.29, 1.82) is 0 Å². The molecule has 0 fully saturated rings. The molecule has 0 radical (unpaired) electrons. The van der Waals surface area contributed by atoms with Crippen molar-refractivity contribution in [3.63, 3.8) is 0 Å². The van der Waals surface area contributed by atoms with Crippen molar-refractivity contribution in [2.75, 3.05) is 6.61 Å². The van der Waals surface area contributed by atoms with Crippen LogP contribution in [0.15, 0.2) is 48.7 Å². The van der Waals surface area contributed by atoms with Crippen LogP contribution in [0.5, 0.6) is 5.75 Å². The minimum Gasteiger partial charge on any atom is -0.494 e. The third-order valence-electron chi connectivity index (χ3n) is 3.28. The van der Waals surface area contributed by atoms with E-state index in [1.165, 1.54) is 0 Å². The molecule has 4 nitrogen and oxygen atoms in total. The lowest BCUT2D eigenvalue weighted by Gasteiger charge is -2.05. The number of fused-ring (bicyclic) bond motifs is 1. The highest BCUT2D eigenvalue weighted by Gasteiger charge is 2.12. The van der Waals surface area contributed by atoms with Crippen molar-refractivity contribution >= 4 is 11.9 Å². The van der Waals surface area contributed by atoms with Crippen molar-refractivity contribution < 1.29 is 9.53 Å². The number of rotatable bonds is 5. The molecule has 0 saturated heterocycles. The van der Waals surface area contributed by atoms with Crippen LogP contribution in [-0.2, 0) is 0 Å². The summed E-state index contributed by atoms with van der Waals surface area (Å²) in [4.78, 5) is 15.9. The van der Waals surface area contributed by atoms with Gasteiger partial charge in [0.25, 0.3) is 0 Å². The van der Waals surface area contributed by atoms with Crippen molar-refractivity contribution in [3.8, 4) is 17.0 Å². The maximum Gasteiger partial charge on any atom is 0.169 e. The summed E-state index contributed by atoms with van der Waals surface area (Å²) in [5, 5.41) is 0. The SMILES string of the molecule is CCCOc1ccc(-c2nc3ccccn3c2C=O)cc1. The Morgan fingerprint density at radius 3 is 2.71 bits per heavy atom. The molecule has 2 aromatic heterocycles. The maximum atomic E-state index is 11.4. The number of aldehydes is 1. The van der Waals surface area contributed by atoms with E-state index in [2.05, 4.69) is 11.9 Å². The third-order valence-corrected chi connectivity index (χ3v) is 3.28. The Hall–Kier alpha value is -2.62. The lowest BCUT2D eigenvalue weighted by molar-refractivity contribution is 0.111. The molecule has 0 amide bonds. The molecule has 0 aliphatic rings. The van der Waals surface area contributed by atoms with E-state index in [9.17, 15) is 4.79 Å². The third kappa shape index (κ3) is 2.52. The molecule has 0 aliphatic heterocycles. The van der Waals surface area contributed by atoms with Gasteiger partial charge in [0.1, 0.15) is 22.8 Å². The lowest BCUT2D eigenvalue weighted by atomic mass is 10.1. The predicted octanol–water partition coefficient (Wildman–Crippen LogP) is 3.60. The van der Waals surface area contributed by atoms with Crippen LogP contribution >= 0.6 is 0 Å². The van der Waals surface area contributed by atoms with E-state index in [1.807, 2.05) is 48.7 Å². The van der Waals surface area contributed by atoms with E-state index in [1.54, 1.807) is 4.40 Å². The Morgan fingerprint density at radius 2 is 2.00 bits per heavy atom. The molecule has 106 valence electrons. The van der Waals surface area contributed by atoms with Gasteiger partial charge in [-0.1, -0.05) is 13.0 Å². The minimum absolute atomic E-state index is 0.563. The van der Waals surface area contributed by atoms with Gasteiger partial charge >= 0.3 is 0 Å². The van der Waals surface area contributed by atoms with Gasteiger partial charge in [-0.2, -0.15) is 0 Å². The van der Waals surface area contributed by atoms with E-state index >= 15 is 0 Å². The number of ether oxygens (including phenoxy) is 1. The molecule has 21 heavy (non-hydrogen) atoms. The fraction of sp³-hybridized carbons (Fsp3) is 0.176. The standard InChI is InChI=1S/C17H16N2O2/c1-2-11-21-14-8-6-13(7-9-14)17-15(12-20)19-10-4-3-5-16(19)18-17/h3-10,12H,2,11H2,1H3. The van der Waals surface area contributed by atoms with E-state index in [4.69, 9.17) is 4.74 Å². The van der Waals surface area contributed by atoms with Gasteiger partial charge in [0.05, 0.1) is 6.61 Å². The number of nitrogens with zero attached hydrogens (tertiary/aromatic N) is 2. The zero-order valence-corrected chi connectivity index (χ0v) is 11.8. The number of benzene rings is 1. The molecule has 0 atom stereocenters. The second kappa shape index (κ2) is 5.79. The number of hydrogen-bond donors (Lipinski definition) is 0. The van der Waals surface area contributed by atoms with Crippen LogP contribution in [-0.4, -0.2) is 22.3 Å². The molecule has 0 unspecified atom stereocenters. The van der Waals surface area contributed by atoms with Gasteiger partial charge in [-0.3, -0.25) is 9.20 Å². The zero-order valence-electron chi connectivity index (χ0n) is 11.8. The molecule has 0 N–H and O–H groups in total. The van der Waals surface area contributed by atoms with Gasteiger partial charge in [-0.25, -0.2) is 4.98 Å². The summed E-state index contributed by atoms with van der Waals surface area (Å²) in [7, 11) is 0. The first-order valence-corrected chi connectivity index (χ1v) is 6.99. The Kier molecular flexibility index (Phi) is 3.69. The fourth-order valence-corrected chi connectivity index (χ4v) is 2.27. The number of hydrogen-bond acceptors (Lipinski definition) is 3. The molecule has 2 heterocycles. The number of carbonyl (C=O) groups excluding carboxylic acids is 1. The minimum atomic E-state index is 0.563. The van der Waals surface area contributed by atoms with Crippen LogP contribution in [0.1, 0.15) is 23.8 Å². The van der Waals surface area contributed by atoms with Crippen LogP contribution in [0.2, 0.25) is 0 Å². The van der Waals surface area contributed by atoms with Crippen molar-refractivity contribution in [1.82, 2.24) is 9.38 Å². The molecule has 0 spiro atoms. The number of carbonyl (C=O) groups is 1. The summed E-state index contributed by atoms with van der Waals surface area (Å²) in [5.41, 5.74) is 2.93. The Balaban J connectivity index is 2.01. The highest BCUT2D eigenvalue weighted by Crippen LogP contribution is 2.25. The summed E-state index contributed by atoms with van der Waals surface area (Å²) in [6.45, 7) is 2.77. The summed E-state index contributed by atoms with van der Waals surface area (Å²) < 4.78 is 7.36. The van der Waals surface area contributed by atoms with E-state index in [0.29, 0.717) is 18.0 Å². The number of aromatic nitrogens is 2. The maximum absolute atomic E-state index is 11.4. The second-order valence-corrected chi connectivity index (χ2v) is 4.77. The summed E-state index contributed by atoms with van der Waals surface area (Å²) >= 11 is 0. The van der Waals surface area contributed by atoms with Crippen molar-refractivity contribution in [2.45, 2.75) is 13.3 Å². The molecule has 0 aliphatic carbocycles. The molecular weight excluding hydrogens is 264 g/mol. The van der Waals surface area contributed by atoms with Gasteiger partial charge in [0.15, 0.2) is 6.29 Å². The molecule has 3 rings (SSSR count). The fourth-order valence-electron chi connectivity index (χ4n) is 2.27. The highest BCUT2D eigenvalue weighted by atomic mass is 16.5. The summed E-state index contributed by atoms with van der Waals surface area (Å²) in [6, 6.07) is 13.3. The molecule has 0 saturated carbocycles. The molecule has 0 bridgehead atoms.